The largest absolute Gasteiger partial charge is 0.412 e. The molecule has 4 rings (SSSR count). The molecule has 0 saturated heterocycles. The van der Waals surface area contributed by atoms with E-state index >= 15 is 4.39 Å². The van der Waals surface area contributed by atoms with E-state index in [1.54, 1.807) is 0 Å². The van der Waals surface area contributed by atoms with E-state index in [0.29, 0.717) is 17.8 Å². The molecule has 184 valence electrons. The molecule has 0 aromatic carbocycles. The van der Waals surface area contributed by atoms with Crippen molar-refractivity contribution in [2.45, 2.75) is 124 Å². The molecule has 4 aliphatic rings. The van der Waals surface area contributed by atoms with Gasteiger partial charge in [-0.15, -0.1) is 0 Å². The van der Waals surface area contributed by atoms with Crippen molar-refractivity contribution in [3.63, 3.8) is 0 Å². The second-order valence-electron chi connectivity index (χ2n) is 11.5. The van der Waals surface area contributed by atoms with Gasteiger partial charge in [-0.1, -0.05) is 47.0 Å². The molecule has 0 bridgehead atoms. The van der Waals surface area contributed by atoms with E-state index in [2.05, 4.69) is 13.8 Å². The van der Waals surface area contributed by atoms with Gasteiger partial charge < -0.3 is 11.0 Å². The molecule has 30 heavy (non-hydrogen) atoms. The first-order valence-electron chi connectivity index (χ1n) is 12.7. The maximum absolute atomic E-state index is 15.2. The van der Waals surface area contributed by atoms with Crippen molar-refractivity contribution in [1.82, 2.24) is 0 Å². The summed E-state index contributed by atoms with van der Waals surface area (Å²) in [6, 6.07) is 0. The average molecular weight is 433 g/mol. The summed E-state index contributed by atoms with van der Waals surface area (Å²) in [5, 5.41) is 0. The summed E-state index contributed by atoms with van der Waals surface area (Å²) < 4.78 is 15.2. The van der Waals surface area contributed by atoms with Crippen molar-refractivity contribution in [1.29, 1.82) is 0 Å². The summed E-state index contributed by atoms with van der Waals surface area (Å²) >= 11 is 0. The molecular formula is C27H57FO2. The highest BCUT2D eigenvalue weighted by Crippen LogP contribution is 2.48. The molecule has 2 nitrogen and oxygen atoms in total. The summed E-state index contributed by atoms with van der Waals surface area (Å²) in [6.45, 7) is 4.83. The molecule has 4 aliphatic carbocycles. The standard InChI is InChI=1S/C26H45F.CH4.2H2O.2H2/c1-18-3-7-20(8-4-18)21-11-13-23(14-12-21)25-16-15-24(17-26(25)27)22-9-5-19(2)6-10-22;;;;;/h18-26H,3-17H2,1-2H3;1H4;2*1H2;2*1H. The third-order valence-electron chi connectivity index (χ3n) is 9.74. The van der Waals surface area contributed by atoms with Crippen LogP contribution in [0.1, 0.15) is 120 Å². The molecule has 0 aromatic rings. The zero-order chi connectivity index (χ0) is 18.8. The first-order valence-corrected chi connectivity index (χ1v) is 12.7. The molecule has 0 aromatic heterocycles. The Morgan fingerprint density at radius 1 is 0.500 bits per heavy atom. The zero-order valence-electron chi connectivity index (χ0n) is 19.2. The molecular weight excluding hydrogens is 375 g/mol. The highest BCUT2D eigenvalue weighted by molar-refractivity contribution is 4.91. The number of rotatable bonds is 3. The van der Waals surface area contributed by atoms with Gasteiger partial charge in [0.25, 0.3) is 0 Å². The second kappa shape index (κ2) is 12.8. The fraction of sp³-hybridized carbons (Fsp3) is 1.00. The molecule has 0 radical (unpaired) electrons. The fourth-order valence-electron chi connectivity index (χ4n) is 7.69. The summed E-state index contributed by atoms with van der Waals surface area (Å²) in [6.07, 6.45) is 19.9. The van der Waals surface area contributed by atoms with E-state index in [1.165, 1.54) is 89.9 Å². The Balaban J connectivity index is 0. The van der Waals surface area contributed by atoms with E-state index in [-0.39, 0.29) is 21.2 Å². The van der Waals surface area contributed by atoms with Gasteiger partial charge in [0.15, 0.2) is 0 Å². The van der Waals surface area contributed by atoms with Crippen molar-refractivity contribution in [2.24, 2.45) is 47.3 Å². The maximum Gasteiger partial charge on any atom is 0.103 e. The Labute approximate surface area is 189 Å². The van der Waals surface area contributed by atoms with Gasteiger partial charge >= 0.3 is 0 Å². The minimum Gasteiger partial charge on any atom is -0.412 e. The molecule has 4 N–H and O–H groups in total. The molecule has 3 atom stereocenters. The van der Waals surface area contributed by atoms with Crippen LogP contribution in [0.4, 0.5) is 4.39 Å². The summed E-state index contributed by atoms with van der Waals surface area (Å²) in [5.41, 5.74) is 0. The van der Waals surface area contributed by atoms with Gasteiger partial charge in [0.1, 0.15) is 6.17 Å². The molecule has 0 spiro atoms. The first kappa shape index (κ1) is 27.9. The van der Waals surface area contributed by atoms with Crippen LogP contribution in [-0.2, 0) is 0 Å². The Bertz CT molecular complexity index is 457. The summed E-state index contributed by atoms with van der Waals surface area (Å²) in [7, 11) is 0. The van der Waals surface area contributed by atoms with Crippen molar-refractivity contribution in [2.75, 3.05) is 0 Å². The second-order valence-corrected chi connectivity index (χ2v) is 11.5. The van der Waals surface area contributed by atoms with Crippen molar-refractivity contribution in [3.05, 3.63) is 0 Å². The first-order chi connectivity index (χ1) is 13.1. The number of hydrogen-bond donors (Lipinski definition) is 0. The average Bonchev–Trinajstić information content (AvgIpc) is 2.69. The third-order valence-corrected chi connectivity index (χ3v) is 9.74. The van der Waals surface area contributed by atoms with E-state index in [4.69, 9.17) is 0 Å². The lowest BCUT2D eigenvalue weighted by Crippen LogP contribution is -2.37. The third kappa shape index (κ3) is 6.67. The molecule has 0 heterocycles. The summed E-state index contributed by atoms with van der Waals surface area (Å²) in [4.78, 5) is 0. The van der Waals surface area contributed by atoms with E-state index in [0.717, 1.165) is 36.0 Å². The molecule has 3 unspecified atom stereocenters. The molecule has 0 amide bonds. The SMILES string of the molecule is C.CC1CCC(C2CCC(C3CCC(C4CCC(C)CC4)CC3F)CC2)CC1.O.O.[HH].[HH]. The van der Waals surface area contributed by atoms with Gasteiger partial charge in [-0.2, -0.15) is 0 Å². The zero-order valence-corrected chi connectivity index (χ0v) is 19.2. The van der Waals surface area contributed by atoms with Crippen LogP contribution >= 0.6 is 0 Å². The van der Waals surface area contributed by atoms with E-state index in [9.17, 15) is 0 Å². The van der Waals surface area contributed by atoms with Gasteiger partial charge in [-0.05, 0) is 118 Å². The van der Waals surface area contributed by atoms with Crippen molar-refractivity contribution >= 4 is 0 Å². The van der Waals surface area contributed by atoms with E-state index < -0.39 is 6.17 Å². The molecule has 4 saturated carbocycles. The topological polar surface area (TPSA) is 63.0 Å². The van der Waals surface area contributed by atoms with E-state index in [1.807, 2.05) is 0 Å². The van der Waals surface area contributed by atoms with Gasteiger partial charge in [0, 0.05) is 2.85 Å². The van der Waals surface area contributed by atoms with Crippen LogP contribution in [0.25, 0.3) is 0 Å². The van der Waals surface area contributed by atoms with Crippen molar-refractivity contribution < 1.29 is 18.2 Å². The molecule has 0 aliphatic heterocycles. The fourth-order valence-corrected chi connectivity index (χ4v) is 7.69. The number of alkyl halides is 1. The van der Waals surface area contributed by atoms with Gasteiger partial charge in [-0.25, -0.2) is 4.39 Å². The minimum atomic E-state index is -0.486. The highest BCUT2D eigenvalue weighted by Gasteiger charge is 2.40. The molecule has 3 heteroatoms. The quantitative estimate of drug-likeness (QED) is 0.439. The van der Waals surface area contributed by atoms with Crippen LogP contribution in [-0.4, -0.2) is 17.1 Å². The van der Waals surface area contributed by atoms with Crippen LogP contribution in [0.3, 0.4) is 0 Å². The van der Waals surface area contributed by atoms with Crippen LogP contribution < -0.4 is 0 Å². The smallest absolute Gasteiger partial charge is 0.103 e. The Morgan fingerprint density at radius 3 is 1.27 bits per heavy atom. The number of hydrogen-bond acceptors (Lipinski definition) is 0. The lowest BCUT2D eigenvalue weighted by molar-refractivity contribution is 0.0273. The number of halogens is 1. The van der Waals surface area contributed by atoms with Gasteiger partial charge in [0.05, 0.1) is 0 Å². The molecule has 4 fully saturated rings. The Kier molecular flexibility index (Phi) is 11.9. The lowest BCUT2D eigenvalue weighted by atomic mass is 9.62. The van der Waals surface area contributed by atoms with Crippen LogP contribution in [0.2, 0.25) is 0 Å². The maximum atomic E-state index is 15.2. The minimum absolute atomic E-state index is 0. The lowest BCUT2D eigenvalue weighted by Gasteiger charge is -2.44. The predicted octanol–water partition coefficient (Wildman–Crippen LogP) is 7.68. The Morgan fingerprint density at radius 2 is 0.833 bits per heavy atom. The normalized spacial score (nSPS) is 44.7. The monoisotopic (exact) mass is 432 g/mol. The van der Waals surface area contributed by atoms with Crippen LogP contribution in [0.5, 0.6) is 0 Å². The Hall–Kier alpha value is -0.150. The van der Waals surface area contributed by atoms with Crippen LogP contribution in [0.15, 0.2) is 0 Å². The van der Waals surface area contributed by atoms with Crippen molar-refractivity contribution in [3.8, 4) is 0 Å². The predicted molar refractivity (Wildman–Crippen MR) is 132 cm³/mol. The summed E-state index contributed by atoms with van der Waals surface area (Å²) in [5.74, 6) is 6.56. The highest BCUT2D eigenvalue weighted by atomic mass is 19.1. The van der Waals surface area contributed by atoms with Gasteiger partial charge in [-0.3, -0.25) is 0 Å². The van der Waals surface area contributed by atoms with Gasteiger partial charge in [0.2, 0.25) is 0 Å². The van der Waals surface area contributed by atoms with Crippen LogP contribution in [0, 0.1) is 47.3 Å².